The molecular formula is C27H37N5O7Re. The van der Waals surface area contributed by atoms with Gasteiger partial charge in [0.2, 0.25) is 0 Å². The van der Waals surface area contributed by atoms with Crippen LogP contribution in [0.3, 0.4) is 0 Å². The third-order valence-electron chi connectivity index (χ3n) is 5.59. The maximum atomic E-state index is 12.8. The largest absolute Gasteiger partial charge is 0.481 e. The van der Waals surface area contributed by atoms with E-state index in [4.69, 9.17) is 9.47 Å². The van der Waals surface area contributed by atoms with Gasteiger partial charge in [0.25, 0.3) is 0 Å². The number of carbonyl (C=O) groups is 4. The molecule has 0 aliphatic carbocycles. The number of carbonyl (C=O) groups excluding carboxylic acids is 3. The number of urea groups is 1. The SMILES string of the molecule is CCOC(=O)CC[C@H](NC(=O)N[C@@H](CCN(Cc1ccccn1)Cc1ccccn1)CC(=O)O)C(=O)OCC.[Re]. The second kappa shape index (κ2) is 19.6. The number of carboxylic acid groups (broad SMARTS) is 1. The van der Waals surface area contributed by atoms with E-state index >= 15 is 0 Å². The third kappa shape index (κ3) is 14.1. The van der Waals surface area contributed by atoms with Gasteiger partial charge in [0.05, 0.1) is 31.0 Å². The number of esters is 2. The second-order valence-corrected chi connectivity index (χ2v) is 8.70. The Labute approximate surface area is 247 Å². The third-order valence-corrected chi connectivity index (χ3v) is 5.59. The molecule has 0 aliphatic heterocycles. The molecule has 0 aromatic carbocycles. The molecule has 13 heteroatoms. The van der Waals surface area contributed by atoms with Crippen molar-refractivity contribution in [1.29, 1.82) is 0 Å². The van der Waals surface area contributed by atoms with Crippen molar-refractivity contribution in [3.8, 4) is 0 Å². The van der Waals surface area contributed by atoms with Crippen molar-refractivity contribution in [2.45, 2.75) is 64.7 Å². The van der Waals surface area contributed by atoms with E-state index in [0.717, 1.165) is 11.4 Å². The summed E-state index contributed by atoms with van der Waals surface area (Å²) in [5, 5.41) is 14.6. The summed E-state index contributed by atoms with van der Waals surface area (Å²) < 4.78 is 9.90. The molecule has 219 valence electrons. The summed E-state index contributed by atoms with van der Waals surface area (Å²) in [7, 11) is 0. The van der Waals surface area contributed by atoms with Gasteiger partial charge in [0.15, 0.2) is 0 Å². The number of nitrogens with one attached hydrogen (secondary N) is 2. The van der Waals surface area contributed by atoms with Crippen LogP contribution in [0.25, 0.3) is 0 Å². The standard InChI is InChI=1S/C27H37N5O7.Re/c1-3-38-25(35)12-11-23(26(36)39-4-2)31-27(37)30-20(17-24(33)34)13-16-32(18-21-9-5-7-14-28-21)19-22-10-6-8-15-29-22;/h5-10,14-15,20,23H,3-4,11-13,16-19H2,1-2H3,(H,33,34)(H2,30,31,37);/t20-,23-;/m0./s1. The fourth-order valence-corrected chi connectivity index (χ4v) is 3.80. The van der Waals surface area contributed by atoms with Crippen LogP contribution in [0.15, 0.2) is 48.8 Å². The van der Waals surface area contributed by atoms with Gasteiger partial charge in [-0.3, -0.25) is 24.5 Å². The van der Waals surface area contributed by atoms with Crippen LogP contribution in [0, 0.1) is 0 Å². The number of carboxylic acids is 1. The molecule has 0 unspecified atom stereocenters. The molecule has 0 aliphatic rings. The topological polar surface area (TPSA) is 160 Å². The molecule has 0 saturated heterocycles. The molecular weight excluding hydrogens is 693 g/mol. The van der Waals surface area contributed by atoms with Gasteiger partial charge >= 0.3 is 23.9 Å². The van der Waals surface area contributed by atoms with Gasteiger partial charge in [-0.2, -0.15) is 0 Å². The minimum atomic E-state index is -1.09. The van der Waals surface area contributed by atoms with Crippen molar-refractivity contribution in [2.75, 3.05) is 19.8 Å². The molecule has 0 bridgehead atoms. The van der Waals surface area contributed by atoms with E-state index in [1.165, 1.54) is 0 Å². The molecule has 0 saturated carbocycles. The zero-order chi connectivity index (χ0) is 28.5. The van der Waals surface area contributed by atoms with Crippen LogP contribution in [0.2, 0.25) is 0 Å². The van der Waals surface area contributed by atoms with Crippen LogP contribution in [0.4, 0.5) is 4.79 Å². The number of aliphatic carboxylic acids is 1. The van der Waals surface area contributed by atoms with E-state index in [1.807, 2.05) is 36.4 Å². The molecule has 2 amide bonds. The van der Waals surface area contributed by atoms with E-state index in [9.17, 15) is 24.3 Å². The predicted octanol–water partition coefficient (Wildman–Crippen LogP) is 2.28. The molecule has 2 atom stereocenters. The van der Waals surface area contributed by atoms with Crippen LogP contribution < -0.4 is 10.6 Å². The van der Waals surface area contributed by atoms with Crippen LogP contribution in [0.1, 0.15) is 50.9 Å². The predicted molar refractivity (Wildman–Crippen MR) is 141 cm³/mol. The van der Waals surface area contributed by atoms with Crippen molar-refractivity contribution < 1.29 is 54.2 Å². The minimum absolute atomic E-state index is 0. The van der Waals surface area contributed by atoms with Gasteiger partial charge in [-0.1, -0.05) is 12.1 Å². The maximum absolute atomic E-state index is 12.8. The van der Waals surface area contributed by atoms with Crippen LogP contribution in [-0.4, -0.2) is 75.8 Å². The summed E-state index contributed by atoms with van der Waals surface area (Å²) in [6.45, 7) is 5.04. The quantitative estimate of drug-likeness (QED) is 0.206. The maximum Gasteiger partial charge on any atom is 0.328 e. The van der Waals surface area contributed by atoms with E-state index in [2.05, 4.69) is 25.5 Å². The first-order valence-electron chi connectivity index (χ1n) is 12.9. The fourth-order valence-electron chi connectivity index (χ4n) is 3.80. The number of aromatic nitrogens is 2. The normalized spacial score (nSPS) is 12.0. The molecule has 40 heavy (non-hydrogen) atoms. The van der Waals surface area contributed by atoms with Crippen LogP contribution in [-0.2, 0) is 57.4 Å². The first-order valence-corrected chi connectivity index (χ1v) is 12.9. The van der Waals surface area contributed by atoms with Crippen molar-refractivity contribution in [2.24, 2.45) is 0 Å². The summed E-state index contributed by atoms with van der Waals surface area (Å²) in [5.41, 5.74) is 1.68. The number of pyridine rings is 2. The number of hydrogen-bond donors (Lipinski definition) is 3. The summed E-state index contributed by atoms with van der Waals surface area (Å²) in [4.78, 5) is 59.2. The monoisotopic (exact) mass is 730 g/mol. The van der Waals surface area contributed by atoms with E-state index in [-0.39, 0.29) is 52.9 Å². The summed E-state index contributed by atoms with van der Waals surface area (Å²) in [6.07, 6.45) is 3.29. The van der Waals surface area contributed by atoms with Gasteiger partial charge in [0.1, 0.15) is 6.04 Å². The number of rotatable bonds is 17. The van der Waals surface area contributed by atoms with Crippen molar-refractivity contribution >= 4 is 23.9 Å². The van der Waals surface area contributed by atoms with Gasteiger partial charge < -0.3 is 25.2 Å². The molecule has 0 spiro atoms. The zero-order valence-corrected chi connectivity index (χ0v) is 25.5. The van der Waals surface area contributed by atoms with Crippen molar-refractivity contribution in [3.05, 3.63) is 60.2 Å². The molecule has 12 nitrogen and oxygen atoms in total. The molecule has 3 N–H and O–H groups in total. The van der Waals surface area contributed by atoms with Gasteiger partial charge in [-0.05, 0) is 51.0 Å². The average Bonchev–Trinajstić information content (AvgIpc) is 2.90. The smallest absolute Gasteiger partial charge is 0.328 e. The van der Waals surface area contributed by atoms with Gasteiger partial charge in [0, 0.05) is 64.9 Å². The summed E-state index contributed by atoms with van der Waals surface area (Å²) in [6, 6.07) is 8.68. The molecule has 1 radical (unpaired) electrons. The number of ether oxygens (including phenoxy) is 2. The summed E-state index contributed by atoms with van der Waals surface area (Å²) in [5.74, 6) is -2.27. The average molecular weight is 730 g/mol. The van der Waals surface area contributed by atoms with Gasteiger partial charge in [-0.25, -0.2) is 9.59 Å². The Hall–Kier alpha value is -3.40. The van der Waals surface area contributed by atoms with Gasteiger partial charge in [-0.15, -0.1) is 0 Å². The van der Waals surface area contributed by atoms with Crippen LogP contribution >= 0.6 is 0 Å². The summed E-state index contributed by atoms with van der Waals surface area (Å²) >= 11 is 0. The number of nitrogens with zero attached hydrogens (tertiary/aromatic N) is 3. The second-order valence-electron chi connectivity index (χ2n) is 8.70. The molecule has 0 fully saturated rings. The van der Waals surface area contributed by atoms with E-state index < -0.39 is 36.0 Å². The number of amides is 2. The molecule has 2 rings (SSSR count). The Morgan fingerprint density at radius 3 is 2.00 bits per heavy atom. The van der Waals surface area contributed by atoms with E-state index in [1.54, 1.807) is 26.2 Å². The Morgan fingerprint density at radius 2 is 1.50 bits per heavy atom. The fraction of sp³-hybridized carbons (Fsp3) is 0.481. The zero-order valence-electron chi connectivity index (χ0n) is 22.8. The molecule has 2 aromatic rings. The first kappa shape index (κ1) is 34.6. The Kier molecular flexibility index (Phi) is 17.0. The Morgan fingerprint density at radius 1 is 0.900 bits per heavy atom. The number of hydrogen-bond acceptors (Lipinski definition) is 9. The Bertz CT molecular complexity index is 1000. The van der Waals surface area contributed by atoms with Crippen molar-refractivity contribution in [3.63, 3.8) is 0 Å². The van der Waals surface area contributed by atoms with Crippen LogP contribution in [0.5, 0.6) is 0 Å². The van der Waals surface area contributed by atoms with E-state index in [0.29, 0.717) is 26.1 Å². The first-order chi connectivity index (χ1) is 18.8. The Balaban J connectivity index is 0.00000800. The molecule has 2 aromatic heterocycles. The minimum Gasteiger partial charge on any atom is -0.481 e. The van der Waals surface area contributed by atoms with Crippen molar-refractivity contribution in [1.82, 2.24) is 25.5 Å². The molecule has 2 heterocycles.